The number of hydrogen-bond acceptors (Lipinski definition) is 3. The number of aryl methyl sites for hydroxylation is 1. The van der Waals surface area contributed by atoms with Gasteiger partial charge in [0.05, 0.1) is 13.7 Å². The molecular formula is C19H21NO3. The molecule has 0 aliphatic heterocycles. The molecule has 0 aliphatic rings. The average Bonchev–Trinajstić information content (AvgIpc) is 2.54. The molecule has 0 aromatic heterocycles. The van der Waals surface area contributed by atoms with E-state index in [9.17, 15) is 4.79 Å². The first-order chi connectivity index (χ1) is 11.1. The van der Waals surface area contributed by atoms with Gasteiger partial charge in [0, 0.05) is 11.8 Å². The number of nitrogens with one attached hydrogen (secondary N) is 1. The molecule has 0 fully saturated rings. The Morgan fingerprint density at radius 1 is 1.17 bits per heavy atom. The summed E-state index contributed by atoms with van der Waals surface area (Å²) in [5.41, 5.74) is 2.75. The van der Waals surface area contributed by atoms with Crippen LogP contribution in [0, 0.1) is 6.92 Å². The van der Waals surface area contributed by atoms with Gasteiger partial charge in [-0.3, -0.25) is 4.79 Å². The van der Waals surface area contributed by atoms with E-state index in [-0.39, 0.29) is 5.91 Å². The van der Waals surface area contributed by atoms with Crippen LogP contribution in [-0.2, 0) is 4.79 Å². The highest BCUT2D eigenvalue weighted by Gasteiger charge is 2.04. The zero-order valence-corrected chi connectivity index (χ0v) is 13.6. The Morgan fingerprint density at radius 2 is 2.00 bits per heavy atom. The van der Waals surface area contributed by atoms with Gasteiger partial charge in [-0.05, 0) is 55.3 Å². The molecule has 0 heterocycles. The first-order valence-corrected chi connectivity index (χ1v) is 7.49. The van der Waals surface area contributed by atoms with Crippen LogP contribution in [0.5, 0.6) is 11.5 Å². The van der Waals surface area contributed by atoms with Gasteiger partial charge in [-0.25, -0.2) is 0 Å². The lowest BCUT2D eigenvalue weighted by atomic mass is 10.2. The van der Waals surface area contributed by atoms with E-state index in [0.717, 1.165) is 16.8 Å². The number of benzene rings is 2. The summed E-state index contributed by atoms with van der Waals surface area (Å²) in [5, 5.41) is 2.83. The standard InChI is InChI=1S/C19H21NO3/c1-4-23-17-10-8-15(13-18(17)22-3)9-11-19(21)20-16-7-5-6-14(2)12-16/h5-13H,4H2,1-3H3,(H,20,21). The Kier molecular flexibility index (Phi) is 5.80. The minimum Gasteiger partial charge on any atom is -0.493 e. The number of methoxy groups -OCH3 is 1. The van der Waals surface area contributed by atoms with Gasteiger partial charge in [0.25, 0.3) is 0 Å². The summed E-state index contributed by atoms with van der Waals surface area (Å²) in [5.74, 6) is 1.16. The minimum absolute atomic E-state index is 0.177. The van der Waals surface area contributed by atoms with Gasteiger partial charge < -0.3 is 14.8 Å². The topological polar surface area (TPSA) is 47.6 Å². The van der Waals surface area contributed by atoms with E-state index < -0.39 is 0 Å². The fourth-order valence-electron chi connectivity index (χ4n) is 2.14. The van der Waals surface area contributed by atoms with Crippen molar-refractivity contribution >= 4 is 17.7 Å². The van der Waals surface area contributed by atoms with Crippen LogP contribution in [0.15, 0.2) is 48.5 Å². The highest BCUT2D eigenvalue weighted by atomic mass is 16.5. The smallest absolute Gasteiger partial charge is 0.248 e. The van der Waals surface area contributed by atoms with E-state index in [1.165, 1.54) is 6.08 Å². The maximum absolute atomic E-state index is 12.0. The fraction of sp³-hybridized carbons (Fsp3) is 0.211. The third kappa shape index (κ3) is 4.88. The first-order valence-electron chi connectivity index (χ1n) is 7.49. The van der Waals surface area contributed by atoms with Gasteiger partial charge in [-0.2, -0.15) is 0 Å². The highest BCUT2D eigenvalue weighted by Crippen LogP contribution is 2.28. The molecule has 2 rings (SSSR count). The van der Waals surface area contributed by atoms with Crippen molar-refractivity contribution in [3.8, 4) is 11.5 Å². The van der Waals surface area contributed by atoms with Crippen molar-refractivity contribution < 1.29 is 14.3 Å². The molecule has 0 saturated carbocycles. The summed E-state index contributed by atoms with van der Waals surface area (Å²) in [7, 11) is 1.59. The number of carbonyl (C=O) groups is 1. The van der Waals surface area contributed by atoms with Crippen molar-refractivity contribution in [3.05, 3.63) is 59.7 Å². The van der Waals surface area contributed by atoms with Gasteiger partial charge in [0.15, 0.2) is 11.5 Å². The van der Waals surface area contributed by atoms with E-state index >= 15 is 0 Å². The maximum atomic E-state index is 12.0. The normalized spacial score (nSPS) is 10.6. The minimum atomic E-state index is -0.177. The molecule has 0 radical (unpaired) electrons. The lowest BCUT2D eigenvalue weighted by Crippen LogP contribution is -2.07. The second-order valence-electron chi connectivity index (χ2n) is 5.04. The van der Waals surface area contributed by atoms with Crippen molar-refractivity contribution in [3.63, 3.8) is 0 Å². The predicted molar refractivity (Wildman–Crippen MR) is 93.0 cm³/mol. The molecular weight excluding hydrogens is 290 g/mol. The number of ether oxygens (including phenoxy) is 2. The van der Waals surface area contributed by atoms with Crippen LogP contribution < -0.4 is 14.8 Å². The fourth-order valence-corrected chi connectivity index (χ4v) is 2.14. The van der Waals surface area contributed by atoms with Gasteiger partial charge in [-0.15, -0.1) is 0 Å². The largest absolute Gasteiger partial charge is 0.493 e. The molecule has 0 bridgehead atoms. The SMILES string of the molecule is CCOc1ccc(C=CC(=O)Nc2cccc(C)c2)cc1OC. The van der Waals surface area contributed by atoms with E-state index in [0.29, 0.717) is 18.1 Å². The van der Waals surface area contributed by atoms with Crippen molar-refractivity contribution in [2.45, 2.75) is 13.8 Å². The molecule has 23 heavy (non-hydrogen) atoms. The lowest BCUT2D eigenvalue weighted by molar-refractivity contribution is -0.111. The van der Waals surface area contributed by atoms with Crippen LogP contribution in [-0.4, -0.2) is 19.6 Å². The summed E-state index contributed by atoms with van der Waals surface area (Å²) in [6.07, 6.45) is 3.24. The van der Waals surface area contributed by atoms with E-state index in [2.05, 4.69) is 5.32 Å². The Labute approximate surface area is 136 Å². The quantitative estimate of drug-likeness (QED) is 0.819. The van der Waals surface area contributed by atoms with Crippen LogP contribution in [0.4, 0.5) is 5.69 Å². The molecule has 0 aliphatic carbocycles. The second-order valence-corrected chi connectivity index (χ2v) is 5.04. The predicted octanol–water partition coefficient (Wildman–Crippen LogP) is 4.05. The molecule has 0 saturated heterocycles. The number of anilines is 1. The highest BCUT2D eigenvalue weighted by molar-refractivity contribution is 6.02. The third-order valence-corrected chi connectivity index (χ3v) is 3.20. The molecule has 2 aromatic rings. The van der Waals surface area contributed by atoms with Gasteiger partial charge >= 0.3 is 0 Å². The molecule has 0 unspecified atom stereocenters. The molecule has 0 spiro atoms. The van der Waals surface area contributed by atoms with Gasteiger partial charge in [-0.1, -0.05) is 18.2 Å². The van der Waals surface area contributed by atoms with Crippen LogP contribution in [0.2, 0.25) is 0 Å². The third-order valence-electron chi connectivity index (χ3n) is 3.20. The number of hydrogen-bond donors (Lipinski definition) is 1. The number of rotatable bonds is 6. The summed E-state index contributed by atoms with van der Waals surface area (Å²) < 4.78 is 10.8. The van der Waals surface area contributed by atoms with Crippen molar-refractivity contribution in [1.82, 2.24) is 0 Å². The van der Waals surface area contributed by atoms with Crippen LogP contribution in [0.1, 0.15) is 18.1 Å². The lowest BCUT2D eigenvalue weighted by Gasteiger charge is -2.09. The zero-order valence-electron chi connectivity index (χ0n) is 13.6. The summed E-state index contributed by atoms with van der Waals surface area (Å²) in [6, 6.07) is 13.2. The molecule has 1 N–H and O–H groups in total. The molecule has 4 nitrogen and oxygen atoms in total. The molecule has 120 valence electrons. The van der Waals surface area contributed by atoms with E-state index in [4.69, 9.17) is 9.47 Å². The van der Waals surface area contributed by atoms with Crippen molar-refractivity contribution in [2.75, 3.05) is 19.0 Å². The monoisotopic (exact) mass is 311 g/mol. The Balaban J connectivity index is 2.05. The van der Waals surface area contributed by atoms with Crippen LogP contribution >= 0.6 is 0 Å². The summed E-state index contributed by atoms with van der Waals surface area (Å²) in [4.78, 5) is 12.0. The van der Waals surface area contributed by atoms with E-state index in [1.807, 2.05) is 56.3 Å². The molecule has 0 atom stereocenters. The molecule has 2 aromatic carbocycles. The zero-order chi connectivity index (χ0) is 16.7. The Morgan fingerprint density at radius 3 is 2.70 bits per heavy atom. The van der Waals surface area contributed by atoms with Gasteiger partial charge in [0.2, 0.25) is 5.91 Å². The number of amides is 1. The molecule has 4 heteroatoms. The van der Waals surface area contributed by atoms with Crippen molar-refractivity contribution in [2.24, 2.45) is 0 Å². The summed E-state index contributed by atoms with van der Waals surface area (Å²) >= 11 is 0. The van der Waals surface area contributed by atoms with Crippen LogP contribution in [0.3, 0.4) is 0 Å². The first kappa shape index (κ1) is 16.6. The Bertz CT molecular complexity index is 708. The van der Waals surface area contributed by atoms with Crippen molar-refractivity contribution in [1.29, 1.82) is 0 Å². The maximum Gasteiger partial charge on any atom is 0.248 e. The average molecular weight is 311 g/mol. The number of carbonyl (C=O) groups excluding carboxylic acids is 1. The summed E-state index contributed by atoms with van der Waals surface area (Å²) in [6.45, 7) is 4.48. The van der Waals surface area contributed by atoms with E-state index in [1.54, 1.807) is 13.2 Å². The van der Waals surface area contributed by atoms with Crippen LogP contribution in [0.25, 0.3) is 6.08 Å². The molecule has 1 amide bonds. The Hall–Kier alpha value is -2.75. The van der Waals surface area contributed by atoms with Gasteiger partial charge in [0.1, 0.15) is 0 Å². The second kappa shape index (κ2) is 8.03.